The van der Waals surface area contributed by atoms with Crippen molar-refractivity contribution in [1.82, 2.24) is 15.1 Å². The van der Waals surface area contributed by atoms with Gasteiger partial charge in [0.2, 0.25) is 0 Å². The fourth-order valence-corrected chi connectivity index (χ4v) is 4.63. The molecule has 3 heterocycles. The highest BCUT2D eigenvalue weighted by atomic mass is 15.3. The van der Waals surface area contributed by atoms with Crippen LogP contribution in [-0.2, 0) is 6.54 Å². The smallest absolute Gasteiger partial charge is 0.0367 e. The van der Waals surface area contributed by atoms with Gasteiger partial charge in [-0.05, 0) is 50.4 Å². The molecule has 4 rings (SSSR count). The Morgan fingerprint density at radius 1 is 1.14 bits per heavy atom. The van der Waals surface area contributed by atoms with Gasteiger partial charge < -0.3 is 5.32 Å². The maximum absolute atomic E-state index is 3.60. The Hall–Kier alpha value is -0.900. The molecule has 1 aromatic carbocycles. The molecule has 3 unspecified atom stereocenters. The minimum atomic E-state index is 0.606. The molecule has 0 radical (unpaired) electrons. The number of benzene rings is 1. The van der Waals surface area contributed by atoms with Crippen molar-refractivity contribution in [2.75, 3.05) is 26.2 Å². The van der Waals surface area contributed by atoms with Crippen LogP contribution >= 0.6 is 0 Å². The highest BCUT2D eigenvalue weighted by Gasteiger charge is 2.38. The van der Waals surface area contributed by atoms with Crippen molar-refractivity contribution in [3.63, 3.8) is 0 Å². The lowest BCUT2D eigenvalue weighted by Crippen LogP contribution is -2.55. The van der Waals surface area contributed by atoms with Gasteiger partial charge in [-0.15, -0.1) is 0 Å². The molecule has 0 saturated carbocycles. The lowest BCUT2D eigenvalue weighted by molar-refractivity contribution is 0.0251. The zero-order valence-corrected chi connectivity index (χ0v) is 13.1. The van der Waals surface area contributed by atoms with Gasteiger partial charge in [0.1, 0.15) is 0 Å². The third kappa shape index (κ3) is 2.52. The molecular formula is C18H27N3. The molecule has 3 atom stereocenters. The van der Waals surface area contributed by atoms with E-state index in [1.807, 2.05) is 0 Å². The zero-order valence-electron chi connectivity index (χ0n) is 13.1. The number of nitrogens with zero attached hydrogens (tertiary/aromatic N) is 2. The quantitative estimate of drug-likeness (QED) is 0.855. The summed E-state index contributed by atoms with van der Waals surface area (Å²) in [5.41, 5.74) is 3.07. The second kappa shape index (κ2) is 5.71. The molecule has 2 fully saturated rings. The number of nitrogens with one attached hydrogen (secondary N) is 1. The molecule has 1 N–H and O–H groups in total. The van der Waals surface area contributed by atoms with Gasteiger partial charge in [-0.3, -0.25) is 9.80 Å². The van der Waals surface area contributed by atoms with E-state index in [9.17, 15) is 0 Å². The van der Waals surface area contributed by atoms with E-state index in [1.54, 1.807) is 5.56 Å². The fraction of sp³-hybridized carbons (Fsp3) is 0.667. The van der Waals surface area contributed by atoms with E-state index in [-0.39, 0.29) is 0 Å². The molecular weight excluding hydrogens is 258 g/mol. The monoisotopic (exact) mass is 285 g/mol. The normalized spacial score (nSPS) is 34.2. The van der Waals surface area contributed by atoms with Crippen molar-refractivity contribution in [3.8, 4) is 0 Å². The Labute approximate surface area is 128 Å². The van der Waals surface area contributed by atoms with Gasteiger partial charge in [-0.2, -0.15) is 0 Å². The van der Waals surface area contributed by atoms with E-state index in [4.69, 9.17) is 0 Å². The number of rotatable bonds is 1. The first-order valence-electron chi connectivity index (χ1n) is 8.61. The predicted molar refractivity (Wildman–Crippen MR) is 86.3 cm³/mol. The third-order valence-corrected chi connectivity index (χ3v) is 5.71. The molecule has 3 heteroatoms. The molecule has 0 amide bonds. The molecule has 114 valence electrons. The number of hydrogen-bond donors (Lipinski definition) is 1. The van der Waals surface area contributed by atoms with E-state index in [0.29, 0.717) is 12.1 Å². The summed E-state index contributed by atoms with van der Waals surface area (Å²) in [4.78, 5) is 5.53. The Kier molecular flexibility index (Phi) is 3.74. The van der Waals surface area contributed by atoms with Crippen LogP contribution < -0.4 is 5.32 Å². The van der Waals surface area contributed by atoms with Crippen molar-refractivity contribution in [3.05, 3.63) is 35.4 Å². The van der Waals surface area contributed by atoms with E-state index in [0.717, 1.165) is 19.1 Å². The zero-order chi connectivity index (χ0) is 14.2. The summed E-state index contributed by atoms with van der Waals surface area (Å²) in [5.74, 6) is 0. The Bertz CT molecular complexity index is 501. The van der Waals surface area contributed by atoms with E-state index >= 15 is 0 Å². The van der Waals surface area contributed by atoms with Crippen LogP contribution in [0.4, 0.5) is 0 Å². The van der Waals surface area contributed by atoms with Gasteiger partial charge in [0.05, 0.1) is 0 Å². The van der Waals surface area contributed by atoms with Gasteiger partial charge in [-0.25, -0.2) is 0 Å². The SMILES string of the molecule is CC1CN2CCCC2CN1C1CCNCc2ccccc21. The predicted octanol–water partition coefficient (Wildman–Crippen LogP) is 2.39. The van der Waals surface area contributed by atoms with Crippen molar-refractivity contribution < 1.29 is 0 Å². The summed E-state index contributed by atoms with van der Waals surface area (Å²) in [6.07, 6.45) is 4.04. The Morgan fingerprint density at radius 2 is 2.05 bits per heavy atom. The maximum Gasteiger partial charge on any atom is 0.0367 e. The van der Waals surface area contributed by atoms with Crippen LogP contribution in [0, 0.1) is 0 Å². The number of piperazine rings is 1. The van der Waals surface area contributed by atoms with Crippen LogP contribution in [-0.4, -0.2) is 48.1 Å². The average molecular weight is 285 g/mol. The van der Waals surface area contributed by atoms with Crippen LogP contribution in [0.15, 0.2) is 24.3 Å². The van der Waals surface area contributed by atoms with Crippen LogP contribution in [0.1, 0.15) is 43.4 Å². The Balaban J connectivity index is 1.62. The van der Waals surface area contributed by atoms with Crippen LogP contribution in [0.5, 0.6) is 0 Å². The third-order valence-electron chi connectivity index (χ3n) is 5.71. The van der Waals surface area contributed by atoms with E-state index < -0.39 is 0 Å². The number of fused-ring (bicyclic) bond motifs is 2. The first kappa shape index (κ1) is 13.7. The molecule has 2 saturated heterocycles. The standard InChI is InChI=1S/C18H27N3/c1-14-12-20-10-4-6-16(20)13-21(14)18-8-9-19-11-15-5-2-3-7-17(15)18/h2-3,5,7,14,16,18-19H,4,6,8-13H2,1H3. The fourth-order valence-electron chi connectivity index (χ4n) is 4.63. The summed E-state index contributed by atoms with van der Waals surface area (Å²) in [6.45, 7) is 8.44. The molecule has 0 aromatic heterocycles. The van der Waals surface area contributed by atoms with Crippen LogP contribution in [0.3, 0.4) is 0 Å². The van der Waals surface area contributed by atoms with Crippen LogP contribution in [0.2, 0.25) is 0 Å². The van der Waals surface area contributed by atoms with E-state index in [2.05, 4.69) is 46.3 Å². The van der Waals surface area contributed by atoms with Crippen molar-refractivity contribution in [2.45, 2.75) is 50.9 Å². The molecule has 21 heavy (non-hydrogen) atoms. The highest BCUT2D eigenvalue weighted by Crippen LogP contribution is 2.35. The van der Waals surface area contributed by atoms with Gasteiger partial charge in [0, 0.05) is 37.8 Å². The molecule has 3 aliphatic rings. The van der Waals surface area contributed by atoms with Gasteiger partial charge in [0.25, 0.3) is 0 Å². The summed E-state index contributed by atoms with van der Waals surface area (Å²) >= 11 is 0. The van der Waals surface area contributed by atoms with Crippen LogP contribution in [0.25, 0.3) is 0 Å². The lowest BCUT2D eigenvalue weighted by Gasteiger charge is -2.46. The minimum absolute atomic E-state index is 0.606. The van der Waals surface area contributed by atoms with Gasteiger partial charge in [-0.1, -0.05) is 24.3 Å². The maximum atomic E-state index is 3.60. The first-order chi connectivity index (χ1) is 10.3. The largest absolute Gasteiger partial charge is 0.313 e. The summed E-state index contributed by atoms with van der Waals surface area (Å²) < 4.78 is 0. The highest BCUT2D eigenvalue weighted by molar-refractivity contribution is 5.31. The molecule has 0 aliphatic carbocycles. The molecule has 3 nitrogen and oxygen atoms in total. The summed E-state index contributed by atoms with van der Waals surface area (Å²) in [6, 6.07) is 11.2. The van der Waals surface area contributed by atoms with E-state index in [1.165, 1.54) is 44.5 Å². The lowest BCUT2D eigenvalue weighted by atomic mass is 9.94. The summed E-state index contributed by atoms with van der Waals surface area (Å²) in [5, 5.41) is 3.60. The second-order valence-electron chi connectivity index (χ2n) is 7.02. The average Bonchev–Trinajstić information content (AvgIpc) is 2.84. The van der Waals surface area contributed by atoms with Crippen molar-refractivity contribution in [2.24, 2.45) is 0 Å². The molecule has 0 spiro atoms. The first-order valence-corrected chi connectivity index (χ1v) is 8.61. The molecule has 3 aliphatic heterocycles. The van der Waals surface area contributed by atoms with Crippen molar-refractivity contribution in [1.29, 1.82) is 0 Å². The van der Waals surface area contributed by atoms with Gasteiger partial charge >= 0.3 is 0 Å². The molecule has 0 bridgehead atoms. The number of hydrogen-bond acceptors (Lipinski definition) is 3. The molecule has 1 aromatic rings. The minimum Gasteiger partial charge on any atom is -0.313 e. The summed E-state index contributed by atoms with van der Waals surface area (Å²) in [7, 11) is 0. The van der Waals surface area contributed by atoms with Gasteiger partial charge in [0.15, 0.2) is 0 Å². The van der Waals surface area contributed by atoms with Crippen molar-refractivity contribution >= 4 is 0 Å². The Morgan fingerprint density at radius 3 is 3.00 bits per heavy atom. The second-order valence-corrected chi connectivity index (χ2v) is 7.02. The topological polar surface area (TPSA) is 18.5 Å².